The summed E-state index contributed by atoms with van der Waals surface area (Å²) >= 11 is 1.90. The third-order valence-electron chi connectivity index (χ3n) is 7.62. The second-order valence-corrected chi connectivity index (χ2v) is 10.8. The van der Waals surface area contributed by atoms with Crippen LogP contribution in [-0.2, 0) is 0 Å². The summed E-state index contributed by atoms with van der Waals surface area (Å²) in [5, 5.41) is 10.5. The number of hydrogen-bond acceptors (Lipinski definition) is 1. The molecule has 0 saturated carbocycles. The Morgan fingerprint density at radius 2 is 0.838 bits per heavy atom. The smallest absolute Gasteiger partial charge is 0.0361 e. The Bertz CT molecular complexity index is 2070. The average Bonchev–Trinajstić information content (AvgIpc) is 3.31. The van der Waals surface area contributed by atoms with Crippen LogP contribution in [0.15, 0.2) is 133 Å². The van der Waals surface area contributed by atoms with Crippen LogP contribution in [0.2, 0.25) is 0 Å². The van der Waals surface area contributed by atoms with Crippen LogP contribution in [0, 0.1) is 0 Å². The van der Waals surface area contributed by atoms with Crippen molar-refractivity contribution in [3.8, 4) is 22.3 Å². The maximum absolute atomic E-state index is 2.40. The minimum atomic E-state index is 1.26. The quantitative estimate of drug-likeness (QED) is 0.213. The first-order valence-electron chi connectivity index (χ1n) is 12.7. The van der Waals surface area contributed by atoms with Crippen molar-refractivity contribution >= 4 is 63.8 Å². The van der Waals surface area contributed by atoms with E-state index >= 15 is 0 Å². The molecule has 0 radical (unpaired) electrons. The minimum absolute atomic E-state index is 1.26. The molecule has 0 unspecified atom stereocenters. The van der Waals surface area contributed by atoms with Crippen LogP contribution in [0.25, 0.3) is 74.7 Å². The lowest BCUT2D eigenvalue weighted by molar-refractivity contribution is 1.66. The van der Waals surface area contributed by atoms with Crippen LogP contribution in [0.1, 0.15) is 0 Å². The zero-order valence-electron chi connectivity index (χ0n) is 20.1. The number of thiophene rings is 1. The summed E-state index contributed by atoms with van der Waals surface area (Å²) in [5.74, 6) is 0. The van der Waals surface area contributed by atoms with E-state index in [-0.39, 0.29) is 0 Å². The molecule has 1 heteroatoms. The third-order valence-corrected chi connectivity index (χ3v) is 8.74. The van der Waals surface area contributed by atoms with E-state index in [0.29, 0.717) is 0 Å². The van der Waals surface area contributed by atoms with Crippen molar-refractivity contribution in [3.05, 3.63) is 133 Å². The number of benzene rings is 7. The molecule has 0 aliphatic heterocycles. The van der Waals surface area contributed by atoms with Gasteiger partial charge in [0.1, 0.15) is 0 Å². The molecule has 1 aromatic heterocycles. The molecule has 0 fully saturated rings. The summed E-state index contributed by atoms with van der Waals surface area (Å²) in [7, 11) is 0. The Balaban J connectivity index is 1.45. The van der Waals surface area contributed by atoms with Crippen molar-refractivity contribution in [1.82, 2.24) is 0 Å². The molecular formula is C36H22S. The first kappa shape index (κ1) is 20.7. The molecule has 8 rings (SSSR count). The van der Waals surface area contributed by atoms with E-state index in [2.05, 4.69) is 133 Å². The molecule has 0 amide bonds. The Hall–Kier alpha value is -4.46. The van der Waals surface area contributed by atoms with Crippen molar-refractivity contribution in [3.63, 3.8) is 0 Å². The number of hydrogen-bond donors (Lipinski definition) is 0. The molecule has 0 aliphatic rings. The van der Waals surface area contributed by atoms with Crippen LogP contribution in [0.3, 0.4) is 0 Å². The second kappa shape index (κ2) is 8.03. The van der Waals surface area contributed by atoms with Crippen molar-refractivity contribution < 1.29 is 0 Å². The summed E-state index contributed by atoms with van der Waals surface area (Å²) < 4.78 is 2.68. The van der Waals surface area contributed by atoms with Crippen LogP contribution in [-0.4, -0.2) is 0 Å². The highest BCUT2D eigenvalue weighted by molar-refractivity contribution is 7.25. The van der Waals surface area contributed by atoms with Crippen LogP contribution < -0.4 is 0 Å². The van der Waals surface area contributed by atoms with Crippen molar-refractivity contribution in [1.29, 1.82) is 0 Å². The molecule has 172 valence electrons. The van der Waals surface area contributed by atoms with Crippen molar-refractivity contribution in [2.75, 3.05) is 0 Å². The van der Waals surface area contributed by atoms with Crippen molar-refractivity contribution in [2.45, 2.75) is 0 Å². The summed E-state index contributed by atoms with van der Waals surface area (Å²) in [4.78, 5) is 0. The van der Waals surface area contributed by atoms with E-state index in [4.69, 9.17) is 0 Å². The predicted molar refractivity (Wildman–Crippen MR) is 163 cm³/mol. The Kier molecular flexibility index (Phi) is 4.49. The monoisotopic (exact) mass is 486 g/mol. The maximum atomic E-state index is 2.40. The number of rotatable bonds is 2. The second-order valence-electron chi connectivity index (χ2n) is 9.72. The van der Waals surface area contributed by atoms with E-state index in [1.54, 1.807) is 0 Å². The summed E-state index contributed by atoms with van der Waals surface area (Å²) in [5.41, 5.74) is 5.16. The van der Waals surface area contributed by atoms with Gasteiger partial charge in [0.25, 0.3) is 0 Å². The predicted octanol–water partition coefficient (Wildman–Crippen LogP) is 10.8. The van der Waals surface area contributed by atoms with Gasteiger partial charge < -0.3 is 0 Å². The highest BCUT2D eigenvalue weighted by Crippen LogP contribution is 2.45. The van der Waals surface area contributed by atoms with Gasteiger partial charge in [0.15, 0.2) is 0 Å². The number of fused-ring (bicyclic) bond motifs is 6. The highest BCUT2D eigenvalue weighted by atomic mass is 32.1. The zero-order chi connectivity index (χ0) is 24.3. The Morgan fingerprint density at radius 1 is 0.324 bits per heavy atom. The van der Waals surface area contributed by atoms with Gasteiger partial charge in [0.05, 0.1) is 0 Å². The molecule has 8 aromatic rings. The standard InChI is InChI=1S/C36H22S/c1-2-10-23(11-3-1)35-28-14-6-8-16-30(28)36(31-17-9-7-15-29(31)35)26-18-19-27-32-20-24-12-4-5-13-25(24)21-34(32)37-33(27)22-26/h1-22H. The van der Waals surface area contributed by atoms with Gasteiger partial charge >= 0.3 is 0 Å². The SMILES string of the molecule is c1ccc(-c2c3ccccc3c(-c3ccc4c(c3)sc3cc5ccccc5cc34)c3ccccc23)cc1. The average molecular weight is 487 g/mol. The van der Waals surface area contributed by atoms with Crippen LogP contribution in [0.5, 0.6) is 0 Å². The van der Waals surface area contributed by atoms with E-state index < -0.39 is 0 Å². The van der Waals surface area contributed by atoms with Gasteiger partial charge in [-0.2, -0.15) is 0 Å². The first-order valence-corrected chi connectivity index (χ1v) is 13.5. The normalized spacial score (nSPS) is 11.8. The van der Waals surface area contributed by atoms with Gasteiger partial charge in [0, 0.05) is 20.2 Å². The summed E-state index contributed by atoms with van der Waals surface area (Å²) in [6.45, 7) is 0. The zero-order valence-corrected chi connectivity index (χ0v) is 20.9. The van der Waals surface area contributed by atoms with Gasteiger partial charge in [-0.3, -0.25) is 0 Å². The molecule has 0 bridgehead atoms. The first-order chi connectivity index (χ1) is 18.3. The third kappa shape index (κ3) is 3.15. The van der Waals surface area contributed by atoms with Crippen LogP contribution >= 0.6 is 11.3 Å². The molecule has 0 nitrogen and oxygen atoms in total. The minimum Gasteiger partial charge on any atom is -0.135 e. The molecule has 7 aromatic carbocycles. The fourth-order valence-corrected chi connectivity index (χ4v) is 7.15. The Labute approximate surface area is 219 Å². The fraction of sp³-hybridized carbons (Fsp3) is 0. The van der Waals surface area contributed by atoms with E-state index in [1.165, 1.54) is 74.7 Å². The lowest BCUT2D eigenvalue weighted by atomic mass is 9.86. The summed E-state index contributed by atoms with van der Waals surface area (Å²) in [6, 6.07) is 49.0. The molecule has 0 atom stereocenters. The van der Waals surface area contributed by atoms with Gasteiger partial charge in [-0.1, -0.05) is 115 Å². The van der Waals surface area contributed by atoms with Crippen molar-refractivity contribution in [2.24, 2.45) is 0 Å². The highest BCUT2D eigenvalue weighted by Gasteiger charge is 2.17. The summed E-state index contributed by atoms with van der Waals surface area (Å²) in [6.07, 6.45) is 0. The Morgan fingerprint density at radius 3 is 1.49 bits per heavy atom. The lowest BCUT2D eigenvalue weighted by Crippen LogP contribution is -1.90. The lowest BCUT2D eigenvalue weighted by Gasteiger charge is -2.17. The molecular weight excluding hydrogens is 464 g/mol. The largest absolute Gasteiger partial charge is 0.135 e. The molecule has 37 heavy (non-hydrogen) atoms. The topological polar surface area (TPSA) is 0 Å². The van der Waals surface area contributed by atoms with Crippen LogP contribution in [0.4, 0.5) is 0 Å². The van der Waals surface area contributed by atoms with Gasteiger partial charge in [-0.25, -0.2) is 0 Å². The van der Waals surface area contributed by atoms with Gasteiger partial charge in [-0.05, 0) is 72.8 Å². The molecule has 0 N–H and O–H groups in total. The fourth-order valence-electron chi connectivity index (χ4n) is 5.97. The maximum Gasteiger partial charge on any atom is 0.0361 e. The van der Waals surface area contributed by atoms with E-state index in [0.717, 1.165) is 0 Å². The molecule has 0 aliphatic carbocycles. The molecule has 0 saturated heterocycles. The van der Waals surface area contributed by atoms with Gasteiger partial charge in [-0.15, -0.1) is 11.3 Å². The van der Waals surface area contributed by atoms with Gasteiger partial charge in [0.2, 0.25) is 0 Å². The molecule has 1 heterocycles. The van der Waals surface area contributed by atoms with E-state index in [9.17, 15) is 0 Å². The molecule has 0 spiro atoms. The van der Waals surface area contributed by atoms with E-state index in [1.807, 2.05) is 11.3 Å².